The monoisotopic (exact) mass is 406 g/mol. The fourth-order valence-corrected chi connectivity index (χ4v) is 2.24. The third-order valence-electron chi connectivity index (χ3n) is 2.83. The van der Waals surface area contributed by atoms with Gasteiger partial charge in [-0.05, 0) is 23.8 Å². The second-order valence-electron chi connectivity index (χ2n) is 4.45. The van der Waals surface area contributed by atoms with Crippen molar-refractivity contribution in [3.8, 4) is 5.75 Å². The van der Waals surface area contributed by atoms with Crippen molar-refractivity contribution < 1.29 is 4.74 Å². The van der Waals surface area contributed by atoms with E-state index in [0.29, 0.717) is 33.0 Å². The summed E-state index contributed by atoms with van der Waals surface area (Å²) in [6, 6.07) is 10.6. The highest BCUT2D eigenvalue weighted by molar-refractivity contribution is 6.42. The van der Waals surface area contributed by atoms with Gasteiger partial charge in [-0.15, -0.1) is 12.4 Å². The number of nitrogens with two attached hydrogens (primary N) is 1. The Morgan fingerprint density at radius 2 is 1.92 bits per heavy atom. The first-order valence-electron chi connectivity index (χ1n) is 6.45. The van der Waals surface area contributed by atoms with Crippen LogP contribution in [0.15, 0.2) is 41.5 Å². The molecule has 9 heteroatoms. The van der Waals surface area contributed by atoms with Crippen LogP contribution in [0.25, 0.3) is 0 Å². The zero-order valence-electron chi connectivity index (χ0n) is 12.2. The molecule has 2 rings (SSSR count). The molecule has 0 heterocycles. The molecule has 5 nitrogen and oxygen atoms in total. The first kappa shape index (κ1) is 20.5. The maximum atomic E-state index is 6.95. The lowest BCUT2D eigenvalue weighted by Gasteiger charge is -2.10. The first-order valence-corrected chi connectivity index (χ1v) is 7.58. The van der Waals surface area contributed by atoms with Crippen LogP contribution in [0.2, 0.25) is 15.1 Å². The van der Waals surface area contributed by atoms with E-state index in [9.17, 15) is 0 Å². The molecule has 0 atom stereocenters. The molecule has 3 N–H and O–H groups in total. The van der Waals surface area contributed by atoms with Crippen LogP contribution in [-0.2, 0) is 6.61 Å². The number of nitrogens with zero attached hydrogens (tertiary/aromatic N) is 2. The molecule has 0 aliphatic carbocycles. The summed E-state index contributed by atoms with van der Waals surface area (Å²) in [5.74, 6) is 5.86. The van der Waals surface area contributed by atoms with Gasteiger partial charge in [-0.25, -0.2) is 5.84 Å². The van der Waals surface area contributed by atoms with Gasteiger partial charge in [-0.1, -0.05) is 53.0 Å². The van der Waals surface area contributed by atoms with E-state index in [1.165, 1.54) is 6.21 Å². The third kappa shape index (κ3) is 5.54. The molecule has 0 aliphatic rings. The minimum atomic E-state index is 0. The summed E-state index contributed by atoms with van der Waals surface area (Å²) in [6.07, 6.45) is 2.31. The molecule has 2 aromatic carbocycles. The Bertz CT molecular complexity index is 739. The Labute approximate surface area is 160 Å². The molecule has 2 aromatic rings. The topological polar surface area (TPSA) is 74.7 Å². The van der Waals surface area contributed by atoms with Gasteiger partial charge in [0, 0.05) is 5.56 Å². The average molecular weight is 408 g/mol. The Kier molecular flexibility index (Phi) is 8.31. The van der Waals surface area contributed by atoms with E-state index in [4.69, 9.17) is 50.8 Å². The van der Waals surface area contributed by atoms with Crippen molar-refractivity contribution >= 4 is 59.8 Å². The van der Waals surface area contributed by atoms with Crippen molar-refractivity contribution in [1.29, 1.82) is 5.41 Å². The normalized spacial score (nSPS) is 10.3. The van der Waals surface area contributed by atoms with E-state index in [1.54, 1.807) is 30.3 Å². The van der Waals surface area contributed by atoms with Crippen LogP contribution in [-0.4, -0.2) is 17.7 Å². The van der Waals surface area contributed by atoms with Gasteiger partial charge >= 0.3 is 0 Å². The number of hydrogen-bond acceptors (Lipinski definition) is 4. The number of rotatable bonds is 6. The van der Waals surface area contributed by atoms with Crippen molar-refractivity contribution in [3.05, 3.63) is 62.6 Å². The standard InChI is InChI=1S/C15H13Cl3N4O.ClH/c16-12-5-4-10(6-13(12)17)8-23-14-3-1-2-11(15(14)18)7-21-22(20)9-19;/h1-7,9,19H,8,20H2;1H/b19-9?,21-7+;. The van der Waals surface area contributed by atoms with Gasteiger partial charge in [-0.3, -0.25) is 5.41 Å². The SMILES string of the molecule is Cl.N=CN(N)/N=C/c1cccc(OCc2ccc(Cl)c(Cl)c2)c1Cl. The molecular formula is C15H14Cl4N4O. The van der Waals surface area contributed by atoms with Gasteiger partial charge in [0.05, 0.1) is 21.3 Å². The lowest BCUT2D eigenvalue weighted by molar-refractivity contribution is 0.306. The Balaban J connectivity index is 0.00000288. The van der Waals surface area contributed by atoms with Crippen LogP contribution in [0.3, 0.4) is 0 Å². The van der Waals surface area contributed by atoms with E-state index < -0.39 is 0 Å². The molecule has 0 saturated heterocycles. The zero-order chi connectivity index (χ0) is 16.8. The second kappa shape index (κ2) is 9.71. The predicted octanol–water partition coefficient (Wildman–Crippen LogP) is 4.76. The van der Waals surface area contributed by atoms with Gasteiger partial charge in [0.25, 0.3) is 0 Å². The number of halogens is 4. The Morgan fingerprint density at radius 3 is 2.58 bits per heavy atom. The van der Waals surface area contributed by atoms with Crippen LogP contribution < -0.4 is 10.6 Å². The van der Waals surface area contributed by atoms with Crippen molar-refractivity contribution in [3.63, 3.8) is 0 Å². The predicted molar refractivity (Wildman–Crippen MR) is 102 cm³/mol. The molecule has 0 radical (unpaired) electrons. The van der Waals surface area contributed by atoms with E-state index in [-0.39, 0.29) is 12.4 Å². The smallest absolute Gasteiger partial charge is 0.139 e. The van der Waals surface area contributed by atoms with Crippen LogP contribution in [0.4, 0.5) is 0 Å². The maximum absolute atomic E-state index is 6.95. The molecular weight excluding hydrogens is 394 g/mol. The molecule has 128 valence electrons. The summed E-state index contributed by atoms with van der Waals surface area (Å²) in [6.45, 7) is 0.292. The molecule has 0 unspecified atom stereocenters. The number of hydrazone groups is 1. The fraction of sp³-hybridized carbons (Fsp3) is 0.0667. The number of hydrazine groups is 1. The molecule has 0 spiro atoms. The summed E-state index contributed by atoms with van der Waals surface area (Å²) < 4.78 is 5.71. The van der Waals surface area contributed by atoms with Gasteiger partial charge in [0.2, 0.25) is 0 Å². The number of hydrogen-bond donors (Lipinski definition) is 2. The minimum absolute atomic E-state index is 0. The van der Waals surface area contributed by atoms with Gasteiger partial charge in [0.1, 0.15) is 18.7 Å². The van der Waals surface area contributed by atoms with Crippen LogP contribution in [0, 0.1) is 5.41 Å². The minimum Gasteiger partial charge on any atom is -0.487 e. The van der Waals surface area contributed by atoms with E-state index >= 15 is 0 Å². The van der Waals surface area contributed by atoms with Gasteiger partial charge < -0.3 is 4.74 Å². The molecule has 0 amide bonds. The quantitative estimate of drug-likeness (QED) is 0.313. The summed E-state index contributed by atoms with van der Waals surface area (Å²) in [4.78, 5) is 0. The van der Waals surface area contributed by atoms with Crippen LogP contribution in [0.1, 0.15) is 11.1 Å². The van der Waals surface area contributed by atoms with Gasteiger partial charge in [-0.2, -0.15) is 10.2 Å². The maximum Gasteiger partial charge on any atom is 0.139 e. The Hall–Kier alpha value is -1.50. The van der Waals surface area contributed by atoms with Crippen molar-refractivity contribution in [1.82, 2.24) is 5.12 Å². The number of nitrogens with one attached hydrogen (secondary N) is 1. The third-order valence-corrected chi connectivity index (χ3v) is 3.98. The lowest BCUT2D eigenvalue weighted by atomic mass is 10.2. The number of ether oxygens (including phenoxy) is 1. The largest absolute Gasteiger partial charge is 0.487 e. The second-order valence-corrected chi connectivity index (χ2v) is 5.64. The van der Waals surface area contributed by atoms with Crippen molar-refractivity contribution in [2.24, 2.45) is 10.9 Å². The van der Waals surface area contributed by atoms with Gasteiger partial charge in [0.15, 0.2) is 0 Å². The zero-order valence-corrected chi connectivity index (χ0v) is 15.3. The molecule has 0 aliphatic heterocycles. The molecule has 0 saturated carbocycles. The van der Waals surface area contributed by atoms with Crippen molar-refractivity contribution in [2.45, 2.75) is 6.61 Å². The summed E-state index contributed by atoms with van der Waals surface area (Å²) in [7, 11) is 0. The first-order chi connectivity index (χ1) is 11.0. The van der Waals surface area contributed by atoms with Crippen LogP contribution in [0.5, 0.6) is 5.75 Å². The molecule has 0 aromatic heterocycles. The van der Waals surface area contributed by atoms with E-state index in [1.807, 2.05) is 6.07 Å². The summed E-state index contributed by atoms with van der Waals surface area (Å²) in [5.41, 5.74) is 1.49. The van der Waals surface area contributed by atoms with Crippen molar-refractivity contribution in [2.75, 3.05) is 0 Å². The number of benzene rings is 2. The average Bonchev–Trinajstić information content (AvgIpc) is 2.55. The molecule has 24 heavy (non-hydrogen) atoms. The highest BCUT2D eigenvalue weighted by atomic mass is 35.5. The molecule has 0 fully saturated rings. The summed E-state index contributed by atoms with van der Waals surface area (Å²) >= 11 is 18.1. The Morgan fingerprint density at radius 1 is 1.17 bits per heavy atom. The molecule has 0 bridgehead atoms. The lowest BCUT2D eigenvalue weighted by Crippen LogP contribution is -2.22. The van der Waals surface area contributed by atoms with E-state index in [0.717, 1.165) is 17.0 Å². The van der Waals surface area contributed by atoms with E-state index in [2.05, 4.69) is 5.10 Å². The highest BCUT2D eigenvalue weighted by Gasteiger charge is 2.07. The fourth-order valence-electron chi connectivity index (χ4n) is 1.69. The highest BCUT2D eigenvalue weighted by Crippen LogP contribution is 2.29. The van der Waals surface area contributed by atoms with Crippen LogP contribution >= 0.6 is 47.2 Å². The summed E-state index contributed by atoms with van der Waals surface area (Å²) in [5, 5.41) is 13.0.